The van der Waals surface area contributed by atoms with Gasteiger partial charge in [-0.3, -0.25) is 4.90 Å². The lowest BCUT2D eigenvalue weighted by atomic mass is 10.3. The zero-order chi connectivity index (χ0) is 11.8. The Bertz CT molecular complexity index is 179. The minimum atomic E-state index is 0. The predicted octanol–water partition coefficient (Wildman–Crippen LogP) is 0.800. The van der Waals surface area contributed by atoms with Crippen molar-refractivity contribution in [3.05, 3.63) is 0 Å². The third-order valence-corrected chi connectivity index (χ3v) is 3.33. The highest BCUT2D eigenvalue weighted by molar-refractivity contribution is 5.85. The van der Waals surface area contributed by atoms with Crippen LogP contribution in [0.5, 0.6) is 0 Å². The van der Waals surface area contributed by atoms with Gasteiger partial charge in [0.15, 0.2) is 0 Å². The summed E-state index contributed by atoms with van der Waals surface area (Å²) in [5.74, 6) is 0. The molecule has 0 aliphatic carbocycles. The molecule has 1 aliphatic heterocycles. The Morgan fingerprint density at radius 3 is 2.65 bits per heavy atom. The molecule has 1 fully saturated rings. The van der Waals surface area contributed by atoms with E-state index in [-0.39, 0.29) is 12.4 Å². The molecule has 17 heavy (non-hydrogen) atoms. The number of likely N-dealkylation sites (N-methyl/N-ethyl adjacent to an activating group) is 1. The molecule has 0 bridgehead atoms. The van der Waals surface area contributed by atoms with Gasteiger partial charge < -0.3 is 15.4 Å². The van der Waals surface area contributed by atoms with E-state index in [9.17, 15) is 0 Å². The number of likely N-dealkylation sites (tertiary alicyclic amines) is 1. The maximum atomic E-state index is 5.89. The van der Waals surface area contributed by atoms with Gasteiger partial charge in [-0.1, -0.05) is 13.8 Å². The third kappa shape index (κ3) is 6.58. The fourth-order valence-electron chi connectivity index (χ4n) is 2.21. The van der Waals surface area contributed by atoms with Gasteiger partial charge >= 0.3 is 0 Å². The second-order valence-corrected chi connectivity index (χ2v) is 4.40. The van der Waals surface area contributed by atoms with Crippen molar-refractivity contribution in [2.24, 2.45) is 5.73 Å². The number of halogens is 1. The first-order valence-electron chi connectivity index (χ1n) is 6.56. The maximum absolute atomic E-state index is 5.89. The molecule has 0 amide bonds. The molecule has 1 aliphatic rings. The number of nitrogens with two attached hydrogens (primary N) is 1. The number of nitrogens with zero attached hydrogens (tertiary/aromatic N) is 2. The van der Waals surface area contributed by atoms with Crippen LogP contribution in [0.25, 0.3) is 0 Å². The summed E-state index contributed by atoms with van der Waals surface area (Å²) in [5, 5.41) is 0. The summed E-state index contributed by atoms with van der Waals surface area (Å²) in [6.45, 7) is 12.5. The molecule has 1 saturated heterocycles. The summed E-state index contributed by atoms with van der Waals surface area (Å²) in [6.07, 6.45) is 1.60. The van der Waals surface area contributed by atoms with E-state index >= 15 is 0 Å². The van der Waals surface area contributed by atoms with Crippen LogP contribution >= 0.6 is 12.4 Å². The summed E-state index contributed by atoms with van der Waals surface area (Å²) in [5.41, 5.74) is 5.54. The topological polar surface area (TPSA) is 41.7 Å². The summed E-state index contributed by atoms with van der Waals surface area (Å²) < 4.78 is 5.89. The van der Waals surface area contributed by atoms with Crippen molar-refractivity contribution < 1.29 is 4.74 Å². The molecule has 1 rings (SSSR count). The summed E-state index contributed by atoms with van der Waals surface area (Å²) in [6, 6.07) is 0. The van der Waals surface area contributed by atoms with Gasteiger partial charge in [0.2, 0.25) is 0 Å². The summed E-state index contributed by atoms with van der Waals surface area (Å²) in [4.78, 5) is 4.79. The largest absolute Gasteiger partial charge is 0.376 e. The van der Waals surface area contributed by atoms with Crippen LogP contribution in [0.1, 0.15) is 20.3 Å². The number of rotatable bonds is 8. The fourth-order valence-corrected chi connectivity index (χ4v) is 2.21. The van der Waals surface area contributed by atoms with Gasteiger partial charge in [-0.15, -0.1) is 12.4 Å². The Balaban J connectivity index is 0.00000256. The standard InChI is InChI=1S/C12H27N3O.ClH/c1-3-14(4-2)9-10-16-12-5-7-15(11-12)8-6-13;/h12H,3-11,13H2,1-2H3;1H. The molecule has 1 unspecified atom stereocenters. The smallest absolute Gasteiger partial charge is 0.0714 e. The quantitative estimate of drug-likeness (QED) is 0.705. The monoisotopic (exact) mass is 265 g/mol. The van der Waals surface area contributed by atoms with Crippen molar-refractivity contribution in [1.82, 2.24) is 9.80 Å². The molecule has 0 radical (unpaired) electrons. The third-order valence-electron chi connectivity index (χ3n) is 3.33. The van der Waals surface area contributed by atoms with E-state index in [0.717, 1.165) is 58.8 Å². The fraction of sp³-hybridized carbons (Fsp3) is 1.00. The van der Waals surface area contributed by atoms with Crippen molar-refractivity contribution in [3.8, 4) is 0 Å². The van der Waals surface area contributed by atoms with E-state index < -0.39 is 0 Å². The van der Waals surface area contributed by atoms with Crippen molar-refractivity contribution in [1.29, 1.82) is 0 Å². The zero-order valence-electron chi connectivity index (χ0n) is 11.2. The molecule has 0 saturated carbocycles. The Morgan fingerprint density at radius 1 is 1.35 bits per heavy atom. The first kappa shape index (κ1) is 17.1. The van der Waals surface area contributed by atoms with E-state index in [2.05, 4.69) is 23.6 Å². The van der Waals surface area contributed by atoms with Crippen molar-refractivity contribution >= 4 is 12.4 Å². The normalized spacial score (nSPS) is 20.8. The number of hydrogen-bond acceptors (Lipinski definition) is 4. The minimum Gasteiger partial charge on any atom is -0.376 e. The van der Waals surface area contributed by atoms with Gasteiger partial charge in [-0.2, -0.15) is 0 Å². The summed E-state index contributed by atoms with van der Waals surface area (Å²) >= 11 is 0. The molecule has 2 N–H and O–H groups in total. The SMILES string of the molecule is CCN(CC)CCOC1CCN(CCN)C1.Cl. The molecular formula is C12H28ClN3O. The second kappa shape index (κ2) is 10.1. The summed E-state index contributed by atoms with van der Waals surface area (Å²) in [7, 11) is 0. The molecule has 0 aromatic rings. The highest BCUT2D eigenvalue weighted by Gasteiger charge is 2.21. The molecule has 1 heterocycles. The lowest BCUT2D eigenvalue weighted by Crippen LogP contribution is -2.31. The number of hydrogen-bond donors (Lipinski definition) is 1. The first-order valence-corrected chi connectivity index (χ1v) is 6.56. The van der Waals surface area contributed by atoms with Crippen LogP contribution in [0.2, 0.25) is 0 Å². The van der Waals surface area contributed by atoms with Crippen LogP contribution < -0.4 is 5.73 Å². The van der Waals surface area contributed by atoms with Crippen molar-refractivity contribution in [2.75, 3.05) is 52.4 Å². The molecule has 4 nitrogen and oxygen atoms in total. The Kier molecular flexibility index (Phi) is 10.2. The highest BCUT2D eigenvalue weighted by Crippen LogP contribution is 2.11. The number of ether oxygens (including phenoxy) is 1. The van der Waals surface area contributed by atoms with Gasteiger partial charge in [-0.05, 0) is 19.5 Å². The van der Waals surface area contributed by atoms with Gasteiger partial charge in [-0.25, -0.2) is 0 Å². The van der Waals surface area contributed by atoms with E-state index in [1.54, 1.807) is 0 Å². The van der Waals surface area contributed by atoms with E-state index in [4.69, 9.17) is 10.5 Å². The minimum absolute atomic E-state index is 0. The molecular weight excluding hydrogens is 238 g/mol. The van der Waals surface area contributed by atoms with Gasteiger partial charge in [0.05, 0.1) is 12.7 Å². The Morgan fingerprint density at radius 2 is 2.06 bits per heavy atom. The average molecular weight is 266 g/mol. The Labute approximate surface area is 112 Å². The van der Waals surface area contributed by atoms with E-state index in [1.165, 1.54) is 0 Å². The Hall–Kier alpha value is 0.130. The van der Waals surface area contributed by atoms with Gasteiger partial charge in [0.25, 0.3) is 0 Å². The van der Waals surface area contributed by atoms with Crippen molar-refractivity contribution in [3.63, 3.8) is 0 Å². The second-order valence-electron chi connectivity index (χ2n) is 4.40. The molecule has 0 aromatic carbocycles. The van der Waals surface area contributed by atoms with Crippen LogP contribution in [0, 0.1) is 0 Å². The lowest BCUT2D eigenvalue weighted by molar-refractivity contribution is 0.0446. The molecule has 5 heteroatoms. The lowest BCUT2D eigenvalue weighted by Gasteiger charge is -2.20. The van der Waals surface area contributed by atoms with E-state index in [1.807, 2.05) is 0 Å². The van der Waals surface area contributed by atoms with E-state index in [0.29, 0.717) is 6.10 Å². The average Bonchev–Trinajstić information content (AvgIpc) is 2.73. The molecule has 1 atom stereocenters. The first-order chi connectivity index (χ1) is 7.80. The molecule has 0 spiro atoms. The molecule has 104 valence electrons. The van der Waals surface area contributed by atoms with Crippen LogP contribution in [-0.2, 0) is 4.74 Å². The van der Waals surface area contributed by atoms with Crippen LogP contribution in [-0.4, -0.2) is 68.3 Å². The van der Waals surface area contributed by atoms with Crippen LogP contribution in [0.4, 0.5) is 0 Å². The predicted molar refractivity (Wildman–Crippen MR) is 74.9 cm³/mol. The maximum Gasteiger partial charge on any atom is 0.0714 e. The van der Waals surface area contributed by atoms with Crippen LogP contribution in [0.15, 0.2) is 0 Å². The molecule has 0 aromatic heterocycles. The van der Waals surface area contributed by atoms with Gasteiger partial charge in [0.1, 0.15) is 0 Å². The van der Waals surface area contributed by atoms with Crippen LogP contribution in [0.3, 0.4) is 0 Å². The highest BCUT2D eigenvalue weighted by atomic mass is 35.5. The van der Waals surface area contributed by atoms with Gasteiger partial charge in [0, 0.05) is 32.7 Å². The van der Waals surface area contributed by atoms with Crippen molar-refractivity contribution in [2.45, 2.75) is 26.4 Å². The zero-order valence-corrected chi connectivity index (χ0v) is 12.0.